The van der Waals surface area contributed by atoms with Crippen molar-refractivity contribution in [1.82, 2.24) is 15.2 Å². The van der Waals surface area contributed by atoms with E-state index < -0.39 is 0 Å². The van der Waals surface area contributed by atoms with Crippen molar-refractivity contribution in [3.8, 4) is 0 Å². The van der Waals surface area contributed by atoms with E-state index in [1.165, 1.54) is 5.56 Å². The van der Waals surface area contributed by atoms with Crippen LogP contribution in [0.25, 0.3) is 0 Å². The minimum atomic E-state index is 0.462. The van der Waals surface area contributed by atoms with Gasteiger partial charge in [-0.05, 0) is 49.6 Å². The van der Waals surface area contributed by atoms with Crippen LogP contribution >= 0.6 is 15.9 Å². The van der Waals surface area contributed by atoms with E-state index in [-0.39, 0.29) is 0 Å². The van der Waals surface area contributed by atoms with Crippen molar-refractivity contribution >= 4 is 39.1 Å². The molecule has 6 heteroatoms. The molecule has 0 bridgehead atoms. The molecule has 0 aliphatic heterocycles. The molecule has 2 N–H and O–H groups in total. The van der Waals surface area contributed by atoms with Crippen molar-refractivity contribution in [2.75, 3.05) is 10.6 Å². The highest BCUT2D eigenvalue weighted by Gasteiger charge is 2.06. The van der Waals surface area contributed by atoms with Gasteiger partial charge in [-0.1, -0.05) is 40.2 Å². The Kier molecular flexibility index (Phi) is 4.76. The summed E-state index contributed by atoms with van der Waals surface area (Å²) >= 11 is 3.53. The Hall–Kier alpha value is -2.47. The third kappa shape index (κ3) is 3.71. The zero-order valence-corrected chi connectivity index (χ0v) is 15.3. The molecule has 0 atom stereocenters. The Morgan fingerprint density at radius 2 is 1.67 bits per heavy atom. The molecule has 2 aromatic carbocycles. The van der Waals surface area contributed by atoms with Gasteiger partial charge in [-0.3, -0.25) is 0 Å². The molecule has 0 fully saturated rings. The second-order valence-corrected chi connectivity index (χ2v) is 6.50. The summed E-state index contributed by atoms with van der Waals surface area (Å²) in [6.45, 7) is 6.15. The summed E-state index contributed by atoms with van der Waals surface area (Å²) in [6, 6.07) is 12.2. The predicted molar refractivity (Wildman–Crippen MR) is 101 cm³/mol. The first-order chi connectivity index (χ1) is 11.5. The van der Waals surface area contributed by atoms with Gasteiger partial charge >= 0.3 is 0 Å². The lowest BCUT2D eigenvalue weighted by molar-refractivity contribution is 0.981. The molecule has 1 heterocycles. The third-order valence-corrected chi connectivity index (χ3v) is 4.58. The minimum absolute atomic E-state index is 0.462. The summed E-state index contributed by atoms with van der Waals surface area (Å²) in [6.07, 6.45) is 1.60. The second kappa shape index (κ2) is 6.97. The average molecular weight is 384 g/mol. The fourth-order valence-corrected chi connectivity index (χ4v) is 2.74. The van der Waals surface area contributed by atoms with Gasteiger partial charge in [-0.15, -0.1) is 5.10 Å². The molecule has 0 aliphatic carbocycles. The summed E-state index contributed by atoms with van der Waals surface area (Å²) < 4.78 is 1.04. The van der Waals surface area contributed by atoms with Crippen LogP contribution in [0.4, 0.5) is 23.1 Å². The van der Waals surface area contributed by atoms with Crippen LogP contribution in [-0.4, -0.2) is 15.2 Å². The van der Waals surface area contributed by atoms with Crippen LogP contribution < -0.4 is 10.6 Å². The normalized spacial score (nSPS) is 10.5. The number of nitrogens with zero attached hydrogens (tertiary/aromatic N) is 3. The number of nitrogens with one attached hydrogen (secondary N) is 2. The van der Waals surface area contributed by atoms with E-state index in [4.69, 9.17) is 0 Å². The lowest BCUT2D eigenvalue weighted by Gasteiger charge is -2.12. The van der Waals surface area contributed by atoms with Gasteiger partial charge in [-0.2, -0.15) is 10.1 Å². The van der Waals surface area contributed by atoms with Crippen molar-refractivity contribution in [2.24, 2.45) is 0 Å². The van der Waals surface area contributed by atoms with Gasteiger partial charge in [-0.25, -0.2) is 0 Å². The van der Waals surface area contributed by atoms with Gasteiger partial charge in [0.15, 0.2) is 5.82 Å². The number of benzene rings is 2. The van der Waals surface area contributed by atoms with Crippen LogP contribution in [0.15, 0.2) is 47.1 Å². The maximum atomic E-state index is 4.49. The predicted octanol–water partition coefficient (Wildman–Crippen LogP) is 5.05. The molecular weight excluding hydrogens is 366 g/mol. The SMILES string of the molecule is Cc1ccc(Nc2cnnc(Nc3c(C)cccc3C)n2)cc1Br. The van der Waals surface area contributed by atoms with Crippen molar-refractivity contribution in [1.29, 1.82) is 0 Å². The van der Waals surface area contributed by atoms with Gasteiger partial charge in [0.1, 0.15) is 0 Å². The Balaban J connectivity index is 1.82. The highest BCUT2D eigenvalue weighted by molar-refractivity contribution is 9.10. The number of hydrogen-bond acceptors (Lipinski definition) is 5. The lowest BCUT2D eigenvalue weighted by Crippen LogP contribution is -2.04. The maximum absolute atomic E-state index is 4.49. The van der Waals surface area contributed by atoms with Crippen molar-refractivity contribution in [3.05, 3.63) is 63.8 Å². The Bertz CT molecular complexity index is 859. The first-order valence-electron chi connectivity index (χ1n) is 7.59. The molecule has 3 rings (SSSR count). The van der Waals surface area contributed by atoms with Crippen LogP contribution in [0.5, 0.6) is 0 Å². The molecule has 122 valence electrons. The zero-order chi connectivity index (χ0) is 17.1. The number of halogens is 1. The Morgan fingerprint density at radius 3 is 2.38 bits per heavy atom. The number of hydrogen-bond donors (Lipinski definition) is 2. The van der Waals surface area contributed by atoms with Crippen molar-refractivity contribution in [2.45, 2.75) is 20.8 Å². The Labute approximate surface area is 149 Å². The number of para-hydroxylation sites is 1. The standard InChI is InChI=1S/C18H18BrN5/c1-11-7-8-14(9-15(11)19)21-16-10-20-24-18(22-16)23-17-12(2)5-4-6-13(17)3/h4-10H,1-3H3,(H2,21,22,23,24). The van der Waals surface area contributed by atoms with E-state index in [1.807, 2.05) is 31.2 Å². The van der Waals surface area contributed by atoms with Crippen LogP contribution in [-0.2, 0) is 0 Å². The first kappa shape index (κ1) is 16.4. The minimum Gasteiger partial charge on any atom is -0.339 e. The van der Waals surface area contributed by atoms with Gasteiger partial charge in [0.2, 0.25) is 5.95 Å². The summed E-state index contributed by atoms with van der Waals surface area (Å²) in [5, 5.41) is 14.6. The van der Waals surface area contributed by atoms with E-state index in [0.29, 0.717) is 11.8 Å². The highest BCUT2D eigenvalue weighted by atomic mass is 79.9. The van der Waals surface area contributed by atoms with Crippen LogP contribution in [0, 0.1) is 20.8 Å². The molecule has 1 aromatic heterocycles. The quantitative estimate of drug-likeness (QED) is 0.659. The fraction of sp³-hybridized carbons (Fsp3) is 0.167. The van der Waals surface area contributed by atoms with Gasteiger partial charge < -0.3 is 10.6 Å². The lowest BCUT2D eigenvalue weighted by atomic mass is 10.1. The molecular formula is C18H18BrN5. The maximum Gasteiger partial charge on any atom is 0.249 e. The van der Waals surface area contributed by atoms with Crippen LogP contribution in [0.3, 0.4) is 0 Å². The number of aryl methyl sites for hydroxylation is 3. The summed E-state index contributed by atoms with van der Waals surface area (Å²) in [5.74, 6) is 1.10. The average Bonchev–Trinajstić information content (AvgIpc) is 2.55. The highest BCUT2D eigenvalue weighted by Crippen LogP contribution is 2.25. The van der Waals surface area contributed by atoms with Gasteiger partial charge in [0.05, 0.1) is 6.20 Å². The first-order valence-corrected chi connectivity index (χ1v) is 8.38. The molecule has 0 aliphatic rings. The van der Waals surface area contributed by atoms with E-state index in [1.54, 1.807) is 6.20 Å². The second-order valence-electron chi connectivity index (χ2n) is 5.65. The van der Waals surface area contributed by atoms with E-state index in [2.05, 4.69) is 67.7 Å². The van der Waals surface area contributed by atoms with Crippen molar-refractivity contribution < 1.29 is 0 Å². The number of rotatable bonds is 4. The summed E-state index contributed by atoms with van der Waals surface area (Å²) in [7, 11) is 0. The monoisotopic (exact) mass is 383 g/mol. The van der Waals surface area contributed by atoms with E-state index in [9.17, 15) is 0 Å². The number of aromatic nitrogens is 3. The smallest absolute Gasteiger partial charge is 0.249 e. The molecule has 3 aromatic rings. The summed E-state index contributed by atoms with van der Waals surface area (Å²) in [4.78, 5) is 4.49. The summed E-state index contributed by atoms with van der Waals surface area (Å²) in [5.41, 5.74) is 5.40. The Morgan fingerprint density at radius 1 is 0.917 bits per heavy atom. The van der Waals surface area contributed by atoms with Gasteiger partial charge in [0, 0.05) is 15.8 Å². The van der Waals surface area contributed by atoms with Crippen molar-refractivity contribution in [3.63, 3.8) is 0 Å². The molecule has 24 heavy (non-hydrogen) atoms. The molecule has 0 spiro atoms. The molecule has 0 saturated heterocycles. The largest absolute Gasteiger partial charge is 0.339 e. The molecule has 0 amide bonds. The van der Waals surface area contributed by atoms with E-state index in [0.717, 1.165) is 27.0 Å². The topological polar surface area (TPSA) is 62.7 Å². The zero-order valence-electron chi connectivity index (χ0n) is 13.8. The third-order valence-electron chi connectivity index (χ3n) is 3.72. The molecule has 0 radical (unpaired) electrons. The molecule has 0 unspecified atom stereocenters. The van der Waals surface area contributed by atoms with Crippen LogP contribution in [0.2, 0.25) is 0 Å². The van der Waals surface area contributed by atoms with E-state index >= 15 is 0 Å². The molecule has 0 saturated carbocycles. The number of anilines is 4. The fourth-order valence-electron chi connectivity index (χ4n) is 2.36. The van der Waals surface area contributed by atoms with Gasteiger partial charge in [0.25, 0.3) is 0 Å². The molecule has 5 nitrogen and oxygen atoms in total. The van der Waals surface area contributed by atoms with Crippen LogP contribution in [0.1, 0.15) is 16.7 Å².